The van der Waals surface area contributed by atoms with Crippen molar-refractivity contribution in [3.63, 3.8) is 0 Å². The summed E-state index contributed by atoms with van der Waals surface area (Å²) in [6.07, 6.45) is -0.958. The lowest BCUT2D eigenvalue weighted by Gasteiger charge is -2.47. The summed E-state index contributed by atoms with van der Waals surface area (Å²) < 4.78 is 37.9. The van der Waals surface area contributed by atoms with Crippen molar-refractivity contribution in [1.29, 1.82) is 0 Å². The summed E-state index contributed by atoms with van der Waals surface area (Å²) in [5.74, 6) is -2.87. The van der Waals surface area contributed by atoms with E-state index in [4.69, 9.17) is 15.2 Å². The summed E-state index contributed by atoms with van der Waals surface area (Å²) in [5, 5.41) is 20.1. The predicted octanol–water partition coefficient (Wildman–Crippen LogP) is 4.98. The summed E-state index contributed by atoms with van der Waals surface area (Å²) in [7, 11) is 1.55. The zero-order chi connectivity index (χ0) is 38.1. The predicted molar refractivity (Wildman–Crippen MR) is 198 cm³/mol. The molecule has 0 saturated carbocycles. The number of carbonyl (C=O) groups is 4. The number of carboxylic acid groups (broad SMARTS) is 1. The van der Waals surface area contributed by atoms with E-state index in [1.54, 1.807) is 43.5 Å². The highest BCUT2D eigenvalue weighted by molar-refractivity contribution is 8.00. The molecule has 0 bridgehead atoms. The number of hydrogen-bond donors (Lipinski definition) is 3. The summed E-state index contributed by atoms with van der Waals surface area (Å²) in [6.45, 7) is -1.24. The minimum Gasteiger partial charge on any atom is -0.497 e. The number of nitrogens with two attached hydrogens (primary N) is 1. The number of aliphatic hydroxyl groups excluding tert-OH is 1. The normalized spacial score (nSPS) is 16.3. The molecule has 1 fully saturated rings. The van der Waals surface area contributed by atoms with Crippen LogP contribution in [0.4, 0.5) is 14.5 Å². The molecule has 0 aromatic heterocycles. The number of amides is 3. The van der Waals surface area contributed by atoms with Crippen LogP contribution >= 0.6 is 23.5 Å². The Labute approximate surface area is 313 Å². The van der Waals surface area contributed by atoms with Crippen LogP contribution in [0.1, 0.15) is 28.8 Å². The number of halogens is 2. The number of imide groups is 1. The van der Waals surface area contributed by atoms with Crippen LogP contribution < -0.4 is 20.1 Å². The molecule has 4 aromatic carbocycles. The van der Waals surface area contributed by atoms with Gasteiger partial charge in [0.15, 0.2) is 6.61 Å². The molecule has 4 N–H and O–H groups in total. The molecule has 4 atom stereocenters. The van der Waals surface area contributed by atoms with Crippen molar-refractivity contribution in [3.05, 3.63) is 125 Å². The van der Waals surface area contributed by atoms with Crippen LogP contribution in [0.25, 0.3) is 0 Å². The van der Waals surface area contributed by atoms with Crippen LogP contribution in [0.5, 0.6) is 11.5 Å². The maximum absolute atomic E-state index is 13.7. The lowest BCUT2D eigenvalue weighted by atomic mass is 9.92. The molecule has 15 heteroatoms. The van der Waals surface area contributed by atoms with E-state index in [2.05, 4.69) is 0 Å². The molecule has 0 aliphatic carbocycles. The van der Waals surface area contributed by atoms with Gasteiger partial charge in [0, 0.05) is 22.9 Å². The van der Waals surface area contributed by atoms with E-state index in [0.717, 1.165) is 5.56 Å². The van der Waals surface area contributed by atoms with Gasteiger partial charge in [0.1, 0.15) is 34.4 Å². The molecule has 1 unspecified atom stereocenters. The average molecular weight is 766 g/mol. The maximum atomic E-state index is 13.7. The number of hydrogen-bond acceptors (Lipinski definition) is 10. The molecule has 1 saturated heterocycles. The summed E-state index contributed by atoms with van der Waals surface area (Å²) in [6, 6.07) is 22.7. The Bertz CT molecular complexity index is 1880. The first-order chi connectivity index (χ1) is 25.5. The Morgan fingerprint density at radius 3 is 2.06 bits per heavy atom. The number of β-lactam (4-membered cyclic amide) rings is 1. The Balaban J connectivity index is 1.25. The minimum atomic E-state index is -1.49. The molecular formula is C38H37F2N3O8S2. The molecular weight excluding hydrogens is 729 g/mol. The second-order valence-electron chi connectivity index (χ2n) is 11.9. The summed E-state index contributed by atoms with van der Waals surface area (Å²) >= 11 is 2.47. The van der Waals surface area contributed by atoms with Crippen molar-refractivity contribution in [1.82, 2.24) is 4.90 Å². The van der Waals surface area contributed by atoms with Gasteiger partial charge in [-0.1, -0.05) is 36.4 Å². The fourth-order valence-electron chi connectivity index (χ4n) is 5.64. The average Bonchev–Trinajstić information content (AvgIpc) is 3.16. The molecule has 0 radical (unpaired) electrons. The first-order valence-corrected chi connectivity index (χ1v) is 18.6. The third-order valence-corrected chi connectivity index (χ3v) is 10.9. The molecule has 4 aromatic rings. The Kier molecular flexibility index (Phi) is 13.5. The van der Waals surface area contributed by atoms with E-state index in [1.165, 1.54) is 77.0 Å². The van der Waals surface area contributed by atoms with Gasteiger partial charge in [-0.3, -0.25) is 19.3 Å². The number of thioether (sulfide) groups is 2. The molecule has 278 valence electrons. The zero-order valence-electron chi connectivity index (χ0n) is 28.5. The molecule has 1 heterocycles. The monoisotopic (exact) mass is 765 g/mol. The number of benzene rings is 4. The Morgan fingerprint density at radius 1 is 0.868 bits per heavy atom. The molecule has 1 aliphatic heterocycles. The molecule has 53 heavy (non-hydrogen) atoms. The quantitative estimate of drug-likeness (QED) is 0.125. The third-order valence-electron chi connectivity index (χ3n) is 8.44. The van der Waals surface area contributed by atoms with Gasteiger partial charge in [-0.25, -0.2) is 13.6 Å². The second kappa shape index (κ2) is 18.2. The third kappa shape index (κ3) is 9.73. The molecule has 0 spiro atoms. The van der Waals surface area contributed by atoms with Crippen molar-refractivity contribution < 1.29 is 47.6 Å². The standard InChI is InChI=1S/C38H37F2N3O8S2/c1-50-29-14-2-23(3-15-29)20-52-21-31(38(48)49)43(33(45)18-41)34(46)19-51-30-16-6-25(7-17-30)35-36(37(47)42(35)28-12-10-27(40)11-13-28)53-22-32(44)24-4-8-26(39)9-5-24/h2-17,31-32,35-36,44H,18-22,41H2,1H3,(H,48,49)/t31-,32?,35-,36-/m1/s1. The number of methoxy groups -OCH3 is 1. The highest BCUT2D eigenvalue weighted by atomic mass is 32.2. The van der Waals surface area contributed by atoms with Gasteiger partial charge < -0.3 is 30.3 Å². The highest BCUT2D eigenvalue weighted by Crippen LogP contribution is 2.46. The van der Waals surface area contributed by atoms with Crippen LogP contribution in [0.2, 0.25) is 0 Å². The van der Waals surface area contributed by atoms with Gasteiger partial charge in [0.05, 0.1) is 25.8 Å². The van der Waals surface area contributed by atoms with Crippen molar-refractivity contribution in [3.8, 4) is 11.5 Å². The first kappa shape index (κ1) is 39.3. The highest BCUT2D eigenvalue weighted by Gasteiger charge is 2.49. The number of carbonyl (C=O) groups excluding carboxylic acids is 3. The van der Waals surface area contributed by atoms with E-state index >= 15 is 0 Å². The first-order valence-electron chi connectivity index (χ1n) is 16.4. The van der Waals surface area contributed by atoms with Crippen LogP contribution in [-0.4, -0.2) is 81.9 Å². The van der Waals surface area contributed by atoms with Gasteiger partial charge >= 0.3 is 5.97 Å². The largest absolute Gasteiger partial charge is 0.497 e. The second-order valence-corrected chi connectivity index (χ2v) is 14.1. The number of aliphatic carboxylic acids is 1. The zero-order valence-corrected chi connectivity index (χ0v) is 30.1. The number of carboxylic acids is 1. The number of anilines is 1. The number of nitrogens with zero attached hydrogens (tertiary/aromatic N) is 2. The van der Waals surface area contributed by atoms with Gasteiger partial charge in [0.2, 0.25) is 11.8 Å². The van der Waals surface area contributed by atoms with Crippen LogP contribution in [0.15, 0.2) is 97.1 Å². The number of aliphatic hydroxyl groups is 1. The van der Waals surface area contributed by atoms with Crippen LogP contribution in [0, 0.1) is 11.6 Å². The molecule has 5 rings (SSSR count). The minimum absolute atomic E-state index is 0.0850. The Morgan fingerprint density at radius 2 is 1.47 bits per heavy atom. The SMILES string of the molecule is COc1ccc(CSC[C@H](C(=O)O)N(C(=O)CN)C(=O)COc2ccc([C@@H]3[C@@H](SCC(O)c4ccc(F)cc4)C(=O)N3c3ccc(F)cc3)cc2)cc1. The fraction of sp³-hybridized carbons (Fsp3) is 0.263. The number of ether oxygens (including phenoxy) is 2. The van der Waals surface area contributed by atoms with E-state index in [-0.39, 0.29) is 23.2 Å². The van der Waals surface area contributed by atoms with E-state index in [0.29, 0.717) is 33.2 Å². The van der Waals surface area contributed by atoms with Gasteiger partial charge in [-0.05, 0) is 77.4 Å². The van der Waals surface area contributed by atoms with Crippen molar-refractivity contribution in [2.24, 2.45) is 5.73 Å². The van der Waals surface area contributed by atoms with Crippen molar-refractivity contribution in [2.75, 3.05) is 36.7 Å². The lowest BCUT2D eigenvalue weighted by molar-refractivity contribution is -0.157. The summed E-state index contributed by atoms with van der Waals surface area (Å²) in [5.41, 5.74) is 8.11. The molecule has 11 nitrogen and oxygen atoms in total. The van der Waals surface area contributed by atoms with Crippen molar-refractivity contribution >= 4 is 52.9 Å². The van der Waals surface area contributed by atoms with Crippen molar-refractivity contribution in [2.45, 2.75) is 29.2 Å². The van der Waals surface area contributed by atoms with E-state index in [1.807, 2.05) is 12.1 Å². The lowest BCUT2D eigenvalue weighted by Crippen LogP contribution is -2.57. The van der Waals surface area contributed by atoms with Gasteiger partial charge in [-0.2, -0.15) is 11.8 Å². The smallest absolute Gasteiger partial charge is 0.327 e. The molecule has 3 amide bonds. The summed E-state index contributed by atoms with van der Waals surface area (Å²) in [4.78, 5) is 53.8. The number of rotatable bonds is 17. The molecule has 1 aliphatic rings. The maximum Gasteiger partial charge on any atom is 0.327 e. The van der Waals surface area contributed by atoms with E-state index in [9.17, 15) is 38.2 Å². The van der Waals surface area contributed by atoms with Crippen LogP contribution in [0.3, 0.4) is 0 Å². The van der Waals surface area contributed by atoms with Gasteiger partial charge in [0.25, 0.3) is 5.91 Å². The fourth-order valence-corrected chi connectivity index (χ4v) is 8.00. The van der Waals surface area contributed by atoms with Crippen LogP contribution in [-0.2, 0) is 24.9 Å². The van der Waals surface area contributed by atoms with E-state index < -0.39 is 66.0 Å². The topological polar surface area (TPSA) is 160 Å². The van der Waals surface area contributed by atoms with Gasteiger partial charge in [-0.15, -0.1) is 11.8 Å². The Hall–Kier alpha value is -4.96.